The summed E-state index contributed by atoms with van der Waals surface area (Å²) in [6.45, 7) is 3.75. The van der Waals surface area contributed by atoms with Crippen LogP contribution >= 0.6 is 11.8 Å². The maximum absolute atomic E-state index is 11.4. The van der Waals surface area contributed by atoms with Gasteiger partial charge < -0.3 is 11.1 Å². The van der Waals surface area contributed by atoms with Gasteiger partial charge in [0.1, 0.15) is 0 Å². The first-order chi connectivity index (χ1) is 7.15. The molecule has 0 bridgehead atoms. The van der Waals surface area contributed by atoms with Gasteiger partial charge in [0.15, 0.2) is 0 Å². The van der Waals surface area contributed by atoms with E-state index in [4.69, 9.17) is 5.73 Å². The van der Waals surface area contributed by atoms with Gasteiger partial charge in [-0.2, -0.15) is 0 Å². The van der Waals surface area contributed by atoms with E-state index < -0.39 is 6.04 Å². The lowest BCUT2D eigenvalue weighted by atomic mass is 10.3. The van der Waals surface area contributed by atoms with Crippen molar-refractivity contribution in [3.8, 4) is 0 Å². The number of para-hydroxylation sites is 1. The Kier molecular flexibility index (Phi) is 4.65. The molecule has 0 aliphatic carbocycles. The van der Waals surface area contributed by atoms with Crippen LogP contribution in [0.15, 0.2) is 29.2 Å². The van der Waals surface area contributed by atoms with Gasteiger partial charge in [0.25, 0.3) is 0 Å². The van der Waals surface area contributed by atoms with Crippen LogP contribution < -0.4 is 11.1 Å². The highest BCUT2D eigenvalue weighted by Gasteiger charge is 2.09. The lowest BCUT2D eigenvalue weighted by Gasteiger charge is -2.11. The second-order valence-corrected chi connectivity index (χ2v) is 4.51. The fourth-order valence-corrected chi connectivity index (χ4v) is 1.86. The van der Waals surface area contributed by atoms with Crippen LogP contribution in [0.5, 0.6) is 0 Å². The summed E-state index contributed by atoms with van der Waals surface area (Å²) in [6.07, 6.45) is 0. The van der Waals surface area contributed by atoms with Crippen molar-refractivity contribution >= 4 is 23.4 Å². The van der Waals surface area contributed by atoms with Crippen molar-refractivity contribution in [2.75, 3.05) is 11.1 Å². The number of amides is 1. The van der Waals surface area contributed by atoms with Crippen LogP contribution in [-0.4, -0.2) is 17.7 Å². The molecule has 4 heteroatoms. The van der Waals surface area contributed by atoms with E-state index >= 15 is 0 Å². The Morgan fingerprint density at radius 1 is 1.53 bits per heavy atom. The van der Waals surface area contributed by atoms with Gasteiger partial charge in [-0.15, -0.1) is 11.8 Å². The maximum Gasteiger partial charge on any atom is 0.241 e. The molecule has 0 saturated heterocycles. The van der Waals surface area contributed by atoms with Crippen molar-refractivity contribution < 1.29 is 4.79 Å². The monoisotopic (exact) mass is 224 g/mol. The molecule has 1 aromatic rings. The summed E-state index contributed by atoms with van der Waals surface area (Å²) >= 11 is 1.70. The van der Waals surface area contributed by atoms with E-state index in [0.717, 1.165) is 16.3 Å². The molecule has 0 spiro atoms. The molecular formula is C11H16N2OS. The first-order valence-corrected chi connectivity index (χ1v) is 5.92. The second-order valence-electron chi connectivity index (χ2n) is 3.21. The zero-order valence-corrected chi connectivity index (χ0v) is 9.80. The fraction of sp³-hybridized carbons (Fsp3) is 0.364. The molecule has 82 valence electrons. The molecule has 0 fully saturated rings. The zero-order valence-electron chi connectivity index (χ0n) is 8.99. The minimum absolute atomic E-state index is 0.154. The van der Waals surface area contributed by atoms with Crippen LogP contribution in [0.4, 0.5) is 5.69 Å². The van der Waals surface area contributed by atoms with E-state index in [0.29, 0.717) is 0 Å². The lowest BCUT2D eigenvalue weighted by Crippen LogP contribution is -2.32. The molecule has 1 amide bonds. The van der Waals surface area contributed by atoms with Crippen molar-refractivity contribution in [1.29, 1.82) is 0 Å². The average molecular weight is 224 g/mol. The van der Waals surface area contributed by atoms with Crippen molar-refractivity contribution in [3.05, 3.63) is 24.3 Å². The number of anilines is 1. The highest BCUT2D eigenvalue weighted by molar-refractivity contribution is 7.99. The van der Waals surface area contributed by atoms with E-state index in [1.807, 2.05) is 24.3 Å². The minimum Gasteiger partial charge on any atom is -0.324 e. The van der Waals surface area contributed by atoms with Crippen LogP contribution in [0.25, 0.3) is 0 Å². The summed E-state index contributed by atoms with van der Waals surface area (Å²) in [5, 5.41) is 2.81. The first kappa shape index (κ1) is 12.1. The van der Waals surface area contributed by atoms with E-state index in [1.165, 1.54) is 0 Å². The smallest absolute Gasteiger partial charge is 0.241 e. The Bertz CT molecular complexity index is 339. The van der Waals surface area contributed by atoms with Crippen LogP contribution in [0.1, 0.15) is 13.8 Å². The van der Waals surface area contributed by atoms with Gasteiger partial charge in [-0.05, 0) is 24.8 Å². The Hall–Kier alpha value is -1.00. The highest BCUT2D eigenvalue weighted by atomic mass is 32.2. The molecule has 0 saturated carbocycles. The summed E-state index contributed by atoms with van der Waals surface area (Å²) in [4.78, 5) is 12.5. The standard InChI is InChI=1S/C11H16N2OS/c1-3-15-10-7-5-4-6-9(10)13-11(14)8(2)12/h4-8H,3,12H2,1-2H3,(H,13,14). The zero-order chi connectivity index (χ0) is 11.3. The van der Waals surface area contributed by atoms with Gasteiger partial charge in [-0.3, -0.25) is 4.79 Å². The third-order valence-corrected chi connectivity index (χ3v) is 2.81. The highest BCUT2D eigenvalue weighted by Crippen LogP contribution is 2.26. The van der Waals surface area contributed by atoms with Gasteiger partial charge in [0, 0.05) is 4.90 Å². The van der Waals surface area contributed by atoms with Gasteiger partial charge in [0.2, 0.25) is 5.91 Å². The molecule has 15 heavy (non-hydrogen) atoms. The SMILES string of the molecule is CCSc1ccccc1NC(=O)C(C)N. The van der Waals surface area contributed by atoms with Gasteiger partial charge in [0.05, 0.1) is 11.7 Å². The fourth-order valence-electron chi connectivity index (χ4n) is 1.10. The minimum atomic E-state index is -0.482. The van der Waals surface area contributed by atoms with E-state index in [2.05, 4.69) is 12.2 Å². The predicted molar refractivity (Wildman–Crippen MR) is 65.1 cm³/mol. The van der Waals surface area contributed by atoms with Crippen molar-refractivity contribution in [2.45, 2.75) is 24.8 Å². The molecule has 3 nitrogen and oxygen atoms in total. The Morgan fingerprint density at radius 2 is 2.20 bits per heavy atom. The number of rotatable bonds is 4. The first-order valence-electron chi connectivity index (χ1n) is 4.93. The molecule has 3 N–H and O–H groups in total. The summed E-state index contributed by atoms with van der Waals surface area (Å²) in [5.41, 5.74) is 6.33. The predicted octanol–water partition coefficient (Wildman–Crippen LogP) is 2.08. The van der Waals surface area contributed by atoms with E-state index in [1.54, 1.807) is 18.7 Å². The number of nitrogens with one attached hydrogen (secondary N) is 1. The summed E-state index contributed by atoms with van der Waals surface area (Å²) in [7, 11) is 0. The third-order valence-electron chi connectivity index (χ3n) is 1.86. The number of thioether (sulfide) groups is 1. The molecule has 0 radical (unpaired) electrons. The molecule has 1 atom stereocenters. The third kappa shape index (κ3) is 3.57. The van der Waals surface area contributed by atoms with Crippen LogP contribution in [0.3, 0.4) is 0 Å². The summed E-state index contributed by atoms with van der Waals surface area (Å²) < 4.78 is 0. The Balaban J connectivity index is 2.79. The molecule has 1 rings (SSSR count). The Morgan fingerprint density at radius 3 is 2.80 bits per heavy atom. The molecule has 1 unspecified atom stereocenters. The summed E-state index contributed by atoms with van der Waals surface area (Å²) in [5.74, 6) is 0.824. The Labute approximate surface area is 94.4 Å². The lowest BCUT2D eigenvalue weighted by molar-refractivity contribution is -0.117. The number of benzene rings is 1. The molecule has 0 heterocycles. The normalized spacial score (nSPS) is 12.2. The number of carbonyl (C=O) groups is 1. The number of hydrogen-bond donors (Lipinski definition) is 2. The van der Waals surface area contributed by atoms with Crippen LogP contribution in [0.2, 0.25) is 0 Å². The van der Waals surface area contributed by atoms with Crippen molar-refractivity contribution in [2.24, 2.45) is 5.73 Å². The molecule has 1 aromatic carbocycles. The van der Waals surface area contributed by atoms with E-state index in [9.17, 15) is 4.79 Å². The topological polar surface area (TPSA) is 55.1 Å². The van der Waals surface area contributed by atoms with E-state index in [-0.39, 0.29) is 5.91 Å². The maximum atomic E-state index is 11.4. The number of hydrogen-bond acceptors (Lipinski definition) is 3. The van der Waals surface area contributed by atoms with Crippen LogP contribution in [0, 0.1) is 0 Å². The number of carbonyl (C=O) groups excluding carboxylic acids is 1. The average Bonchev–Trinajstić information content (AvgIpc) is 2.21. The molecule has 0 aliphatic heterocycles. The van der Waals surface area contributed by atoms with Crippen molar-refractivity contribution in [1.82, 2.24) is 0 Å². The van der Waals surface area contributed by atoms with Crippen LogP contribution in [-0.2, 0) is 4.79 Å². The molecule has 0 aromatic heterocycles. The quantitative estimate of drug-likeness (QED) is 0.770. The van der Waals surface area contributed by atoms with Gasteiger partial charge in [-0.1, -0.05) is 19.1 Å². The van der Waals surface area contributed by atoms with Gasteiger partial charge >= 0.3 is 0 Å². The molecule has 0 aliphatic rings. The van der Waals surface area contributed by atoms with Crippen molar-refractivity contribution in [3.63, 3.8) is 0 Å². The largest absolute Gasteiger partial charge is 0.324 e. The summed E-state index contributed by atoms with van der Waals surface area (Å²) in [6, 6.07) is 7.25. The van der Waals surface area contributed by atoms with Gasteiger partial charge in [-0.25, -0.2) is 0 Å². The molecular weight excluding hydrogens is 208 g/mol. The number of nitrogens with two attached hydrogens (primary N) is 1. The second kappa shape index (κ2) is 5.78.